The summed E-state index contributed by atoms with van der Waals surface area (Å²) in [7, 11) is 1.84. The van der Waals surface area contributed by atoms with Crippen LogP contribution in [0.25, 0.3) is 0 Å². The maximum Gasteiger partial charge on any atom is 0.234 e. The fraction of sp³-hybridized carbons (Fsp3) is 0.286. The lowest BCUT2D eigenvalue weighted by atomic mass is 10.2. The van der Waals surface area contributed by atoms with Crippen LogP contribution in [0.3, 0.4) is 0 Å². The van der Waals surface area contributed by atoms with Crippen LogP contribution >= 0.6 is 11.8 Å². The molecule has 0 radical (unpaired) electrons. The van der Waals surface area contributed by atoms with Gasteiger partial charge in [0.05, 0.1) is 5.75 Å². The number of nitrogens with one attached hydrogen (secondary N) is 1. The number of aryl methyl sites for hydroxylation is 1. The number of nitrogens with zero attached hydrogens (tertiary/aromatic N) is 3. The first-order valence-electron chi connectivity index (χ1n) is 9.29. The van der Waals surface area contributed by atoms with Gasteiger partial charge >= 0.3 is 0 Å². The van der Waals surface area contributed by atoms with Crippen molar-refractivity contribution in [3.63, 3.8) is 0 Å². The van der Waals surface area contributed by atoms with Gasteiger partial charge in [-0.25, -0.2) is 4.39 Å². The second-order valence-electron chi connectivity index (χ2n) is 6.50. The molecule has 0 bridgehead atoms. The quantitative estimate of drug-likeness (QED) is 0.554. The van der Waals surface area contributed by atoms with Crippen LogP contribution in [0.15, 0.2) is 53.7 Å². The van der Waals surface area contributed by atoms with Gasteiger partial charge in [0.2, 0.25) is 5.91 Å². The second kappa shape index (κ2) is 9.56. The molecule has 152 valence electrons. The van der Waals surface area contributed by atoms with Gasteiger partial charge in [-0.15, -0.1) is 10.2 Å². The molecule has 1 aromatic heterocycles. The molecule has 1 N–H and O–H groups in total. The Labute approximate surface area is 173 Å². The molecule has 29 heavy (non-hydrogen) atoms. The summed E-state index contributed by atoms with van der Waals surface area (Å²) in [6.45, 7) is 4.01. The minimum atomic E-state index is -0.397. The summed E-state index contributed by atoms with van der Waals surface area (Å²) in [4.78, 5) is 12.1. The maximum atomic E-state index is 13.2. The van der Waals surface area contributed by atoms with E-state index >= 15 is 0 Å². The lowest BCUT2D eigenvalue weighted by Crippen LogP contribution is -2.15. The summed E-state index contributed by atoms with van der Waals surface area (Å²) < 4.78 is 21.0. The van der Waals surface area contributed by atoms with E-state index in [1.54, 1.807) is 12.1 Å². The smallest absolute Gasteiger partial charge is 0.234 e. The molecule has 0 saturated carbocycles. The van der Waals surface area contributed by atoms with E-state index in [9.17, 15) is 9.18 Å². The van der Waals surface area contributed by atoms with Gasteiger partial charge in [-0.1, -0.05) is 36.9 Å². The van der Waals surface area contributed by atoms with Crippen molar-refractivity contribution in [1.29, 1.82) is 0 Å². The van der Waals surface area contributed by atoms with Crippen LogP contribution in [0.1, 0.15) is 31.3 Å². The fourth-order valence-corrected chi connectivity index (χ4v) is 3.48. The van der Waals surface area contributed by atoms with E-state index in [1.807, 2.05) is 42.8 Å². The number of amides is 1. The minimum absolute atomic E-state index is 0.135. The SMILES string of the molecule is CCc1ccc(O[C@@H](C)c2nnc(SCC(=O)Nc3cccc(F)c3)n2C)cc1. The standard InChI is InChI=1S/C21H23FN4O2S/c1-4-15-8-10-18(11-9-15)28-14(2)20-24-25-21(26(20)3)29-13-19(27)23-17-7-5-6-16(22)12-17/h5-12,14H,4,13H2,1-3H3,(H,23,27)/t14-/m0/s1. The number of hydrogen-bond acceptors (Lipinski definition) is 5. The number of hydrogen-bond donors (Lipinski definition) is 1. The van der Waals surface area contributed by atoms with E-state index in [4.69, 9.17) is 4.74 Å². The molecule has 1 atom stereocenters. The van der Waals surface area contributed by atoms with Gasteiger partial charge < -0.3 is 14.6 Å². The number of ether oxygens (including phenoxy) is 1. The Morgan fingerprint density at radius 2 is 2.00 bits per heavy atom. The van der Waals surface area contributed by atoms with Crippen molar-refractivity contribution in [1.82, 2.24) is 14.8 Å². The largest absolute Gasteiger partial charge is 0.483 e. The molecule has 0 aliphatic carbocycles. The lowest BCUT2D eigenvalue weighted by Gasteiger charge is -2.14. The summed E-state index contributed by atoms with van der Waals surface area (Å²) in [6, 6.07) is 13.7. The monoisotopic (exact) mass is 414 g/mol. The van der Waals surface area contributed by atoms with Crippen molar-refractivity contribution in [2.75, 3.05) is 11.1 Å². The summed E-state index contributed by atoms with van der Waals surface area (Å²) >= 11 is 1.26. The number of benzene rings is 2. The fourth-order valence-electron chi connectivity index (χ4n) is 2.76. The Hall–Kier alpha value is -2.87. The normalized spacial score (nSPS) is 11.9. The third-order valence-corrected chi connectivity index (χ3v) is 5.34. The molecule has 0 saturated heterocycles. The average Bonchev–Trinajstić information content (AvgIpc) is 3.07. The molecule has 2 aromatic carbocycles. The number of carbonyl (C=O) groups is 1. The van der Waals surface area contributed by atoms with E-state index < -0.39 is 5.82 Å². The molecule has 0 aliphatic rings. The van der Waals surface area contributed by atoms with Crippen LogP contribution in [0.4, 0.5) is 10.1 Å². The van der Waals surface area contributed by atoms with Crippen molar-refractivity contribution >= 4 is 23.4 Å². The molecule has 1 heterocycles. The van der Waals surface area contributed by atoms with E-state index in [-0.39, 0.29) is 17.8 Å². The lowest BCUT2D eigenvalue weighted by molar-refractivity contribution is -0.113. The van der Waals surface area contributed by atoms with Crippen LogP contribution < -0.4 is 10.1 Å². The highest BCUT2D eigenvalue weighted by molar-refractivity contribution is 7.99. The number of aromatic nitrogens is 3. The van der Waals surface area contributed by atoms with Crippen LogP contribution in [0.5, 0.6) is 5.75 Å². The molecular weight excluding hydrogens is 391 g/mol. The number of halogens is 1. The van der Waals surface area contributed by atoms with E-state index in [0.717, 1.165) is 12.2 Å². The van der Waals surface area contributed by atoms with Gasteiger partial charge in [-0.3, -0.25) is 4.79 Å². The Bertz CT molecular complexity index is 975. The number of anilines is 1. The van der Waals surface area contributed by atoms with Gasteiger partial charge in [0.25, 0.3) is 0 Å². The highest BCUT2D eigenvalue weighted by Gasteiger charge is 2.18. The van der Waals surface area contributed by atoms with E-state index in [1.165, 1.54) is 29.5 Å². The third-order valence-electron chi connectivity index (χ3n) is 4.32. The summed E-state index contributed by atoms with van der Waals surface area (Å²) in [5.74, 6) is 0.923. The Morgan fingerprint density at radius 3 is 2.69 bits per heavy atom. The van der Waals surface area contributed by atoms with Crippen molar-refractivity contribution in [2.24, 2.45) is 7.05 Å². The maximum absolute atomic E-state index is 13.2. The number of thioether (sulfide) groups is 1. The van der Waals surface area contributed by atoms with Crippen molar-refractivity contribution in [2.45, 2.75) is 31.5 Å². The molecule has 0 unspecified atom stereocenters. The first-order valence-corrected chi connectivity index (χ1v) is 10.3. The van der Waals surface area contributed by atoms with Crippen LogP contribution in [0.2, 0.25) is 0 Å². The van der Waals surface area contributed by atoms with Crippen LogP contribution in [-0.2, 0) is 18.3 Å². The number of carbonyl (C=O) groups excluding carboxylic acids is 1. The molecule has 3 rings (SSSR count). The Balaban J connectivity index is 1.57. The molecule has 3 aromatic rings. The summed E-state index contributed by atoms with van der Waals surface area (Å²) in [6.07, 6.45) is 0.683. The van der Waals surface area contributed by atoms with Gasteiger partial charge in [0.15, 0.2) is 17.1 Å². The Morgan fingerprint density at radius 1 is 1.24 bits per heavy atom. The van der Waals surface area contributed by atoms with Gasteiger partial charge in [0, 0.05) is 12.7 Å². The van der Waals surface area contributed by atoms with E-state index in [2.05, 4.69) is 22.4 Å². The highest BCUT2D eigenvalue weighted by atomic mass is 32.2. The van der Waals surface area contributed by atoms with Crippen molar-refractivity contribution < 1.29 is 13.9 Å². The van der Waals surface area contributed by atoms with Crippen molar-refractivity contribution in [3.05, 3.63) is 65.7 Å². The zero-order chi connectivity index (χ0) is 20.8. The molecule has 0 spiro atoms. The van der Waals surface area contributed by atoms with E-state index in [0.29, 0.717) is 16.7 Å². The van der Waals surface area contributed by atoms with Gasteiger partial charge in [-0.2, -0.15) is 0 Å². The van der Waals surface area contributed by atoms with Crippen LogP contribution in [-0.4, -0.2) is 26.4 Å². The summed E-state index contributed by atoms with van der Waals surface area (Å²) in [5, 5.41) is 11.6. The minimum Gasteiger partial charge on any atom is -0.483 e. The van der Waals surface area contributed by atoms with Crippen molar-refractivity contribution in [3.8, 4) is 5.75 Å². The number of rotatable bonds is 8. The predicted molar refractivity (Wildman–Crippen MR) is 112 cm³/mol. The molecule has 6 nitrogen and oxygen atoms in total. The van der Waals surface area contributed by atoms with Crippen LogP contribution in [0, 0.1) is 5.82 Å². The topological polar surface area (TPSA) is 69.0 Å². The molecular formula is C21H23FN4O2S. The molecule has 1 amide bonds. The second-order valence-corrected chi connectivity index (χ2v) is 7.45. The average molecular weight is 415 g/mol. The Kier molecular flexibility index (Phi) is 6.87. The van der Waals surface area contributed by atoms with Gasteiger partial charge in [-0.05, 0) is 49.2 Å². The highest BCUT2D eigenvalue weighted by Crippen LogP contribution is 2.24. The molecule has 0 fully saturated rings. The zero-order valence-corrected chi connectivity index (χ0v) is 17.4. The predicted octanol–water partition coefficient (Wildman–Crippen LogP) is 4.39. The van der Waals surface area contributed by atoms with Gasteiger partial charge in [0.1, 0.15) is 11.6 Å². The molecule has 8 heteroatoms. The summed E-state index contributed by atoms with van der Waals surface area (Å²) in [5.41, 5.74) is 1.67. The zero-order valence-electron chi connectivity index (χ0n) is 16.6. The third kappa shape index (κ3) is 5.57. The first-order chi connectivity index (χ1) is 14.0. The molecule has 0 aliphatic heterocycles. The first kappa shape index (κ1) is 20.9.